The van der Waals surface area contributed by atoms with Crippen molar-refractivity contribution in [3.05, 3.63) is 23.8 Å². The van der Waals surface area contributed by atoms with Crippen LogP contribution in [0.1, 0.15) is 25.3 Å². The number of fused-ring (bicyclic) bond motifs is 1. The van der Waals surface area contributed by atoms with E-state index in [-0.39, 0.29) is 24.8 Å². The molecule has 6 nitrogen and oxygen atoms in total. The van der Waals surface area contributed by atoms with Crippen LogP contribution in [-0.2, 0) is 21.4 Å². The molecule has 0 bridgehead atoms. The van der Waals surface area contributed by atoms with Gasteiger partial charge in [0, 0.05) is 6.54 Å². The summed E-state index contributed by atoms with van der Waals surface area (Å²) in [6.45, 7) is 2.16. The SMILES string of the molecule is CCCCS(=O)(=O)NCc1ccc2c(c1)NC(=O)CO2. The van der Waals surface area contributed by atoms with Crippen LogP contribution in [0.5, 0.6) is 5.75 Å². The van der Waals surface area contributed by atoms with E-state index in [4.69, 9.17) is 4.74 Å². The zero-order valence-electron chi connectivity index (χ0n) is 11.3. The summed E-state index contributed by atoms with van der Waals surface area (Å²) < 4.78 is 31.2. The first-order chi connectivity index (χ1) is 9.50. The summed E-state index contributed by atoms with van der Waals surface area (Å²) in [6.07, 6.45) is 1.48. The lowest BCUT2D eigenvalue weighted by Gasteiger charge is -2.18. The summed E-state index contributed by atoms with van der Waals surface area (Å²) >= 11 is 0. The molecule has 1 amide bonds. The van der Waals surface area contributed by atoms with Gasteiger partial charge in [-0.05, 0) is 24.1 Å². The van der Waals surface area contributed by atoms with Crippen LogP contribution >= 0.6 is 0 Å². The minimum absolute atomic E-state index is 0.00991. The van der Waals surface area contributed by atoms with Crippen LogP contribution in [0, 0.1) is 0 Å². The van der Waals surface area contributed by atoms with Crippen molar-refractivity contribution >= 4 is 21.6 Å². The summed E-state index contributed by atoms with van der Waals surface area (Å²) in [5.41, 5.74) is 1.35. The van der Waals surface area contributed by atoms with E-state index < -0.39 is 10.0 Å². The van der Waals surface area contributed by atoms with Gasteiger partial charge in [0.2, 0.25) is 10.0 Å². The Balaban J connectivity index is 2.00. The highest BCUT2D eigenvalue weighted by Crippen LogP contribution is 2.28. The van der Waals surface area contributed by atoms with Crippen molar-refractivity contribution in [1.29, 1.82) is 0 Å². The first-order valence-electron chi connectivity index (χ1n) is 6.53. The Morgan fingerprint density at radius 2 is 2.20 bits per heavy atom. The molecule has 2 rings (SSSR count). The minimum Gasteiger partial charge on any atom is -0.482 e. The van der Waals surface area contributed by atoms with Gasteiger partial charge in [-0.1, -0.05) is 19.4 Å². The van der Waals surface area contributed by atoms with Crippen LogP contribution in [0.2, 0.25) is 0 Å². The fourth-order valence-electron chi connectivity index (χ4n) is 1.84. The Bertz CT molecular complexity index is 598. The summed E-state index contributed by atoms with van der Waals surface area (Å²) in [7, 11) is -3.24. The van der Waals surface area contributed by atoms with Crippen molar-refractivity contribution in [3.8, 4) is 5.75 Å². The lowest BCUT2D eigenvalue weighted by molar-refractivity contribution is -0.118. The van der Waals surface area contributed by atoms with Crippen LogP contribution in [0.15, 0.2) is 18.2 Å². The first kappa shape index (κ1) is 14.8. The molecule has 0 atom stereocenters. The van der Waals surface area contributed by atoms with E-state index in [1.54, 1.807) is 18.2 Å². The molecule has 0 unspecified atom stereocenters. The number of anilines is 1. The Morgan fingerprint density at radius 1 is 1.40 bits per heavy atom. The molecule has 20 heavy (non-hydrogen) atoms. The van der Waals surface area contributed by atoms with Crippen LogP contribution < -0.4 is 14.8 Å². The molecule has 2 N–H and O–H groups in total. The number of sulfonamides is 1. The fourth-order valence-corrected chi connectivity index (χ4v) is 3.04. The molecule has 0 saturated carbocycles. The highest BCUT2D eigenvalue weighted by Gasteiger charge is 2.16. The molecule has 0 spiro atoms. The highest BCUT2D eigenvalue weighted by molar-refractivity contribution is 7.89. The van der Waals surface area contributed by atoms with E-state index in [9.17, 15) is 13.2 Å². The third kappa shape index (κ3) is 3.94. The average Bonchev–Trinajstić information content (AvgIpc) is 2.42. The van der Waals surface area contributed by atoms with E-state index in [0.29, 0.717) is 17.9 Å². The molecule has 1 heterocycles. The number of ether oxygens (including phenoxy) is 1. The summed E-state index contributed by atoms with van der Waals surface area (Å²) in [5.74, 6) is 0.522. The van der Waals surface area contributed by atoms with Gasteiger partial charge in [-0.2, -0.15) is 0 Å². The zero-order valence-corrected chi connectivity index (χ0v) is 12.1. The lowest BCUT2D eigenvalue weighted by Crippen LogP contribution is -2.27. The number of carbonyl (C=O) groups is 1. The average molecular weight is 298 g/mol. The summed E-state index contributed by atoms with van der Waals surface area (Å²) in [6, 6.07) is 5.22. The van der Waals surface area contributed by atoms with Crippen LogP contribution in [0.3, 0.4) is 0 Å². The smallest absolute Gasteiger partial charge is 0.262 e. The monoisotopic (exact) mass is 298 g/mol. The molecule has 1 aromatic carbocycles. The van der Waals surface area contributed by atoms with E-state index in [1.807, 2.05) is 6.92 Å². The Hall–Kier alpha value is -1.60. The molecule has 0 aliphatic carbocycles. The Labute approximate surface area is 118 Å². The first-order valence-corrected chi connectivity index (χ1v) is 8.18. The summed E-state index contributed by atoms with van der Waals surface area (Å²) in [4.78, 5) is 11.2. The summed E-state index contributed by atoms with van der Waals surface area (Å²) in [5, 5.41) is 2.69. The largest absolute Gasteiger partial charge is 0.482 e. The van der Waals surface area contributed by atoms with E-state index >= 15 is 0 Å². The second-order valence-electron chi connectivity index (χ2n) is 4.66. The van der Waals surface area contributed by atoms with Gasteiger partial charge in [0.15, 0.2) is 6.61 Å². The number of benzene rings is 1. The molecular formula is C13H18N2O4S. The maximum absolute atomic E-state index is 11.7. The minimum atomic E-state index is -3.24. The lowest BCUT2D eigenvalue weighted by atomic mass is 10.1. The fraction of sp³-hybridized carbons (Fsp3) is 0.462. The number of amides is 1. The predicted octanol–water partition coefficient (Wildman–Crippen LogP) is 1.24. The second kappa shape index (κ2) is 6.23. The molecule has 1 aromatic rings. The van der Waals surface area contributed by atoms with Crippen LogP contribution in [0.25, 0.3) is 0 Å². The quantitative estimate of drug-likeness (QED) is 0.827. The number of unbranched alkanes of at least 4 members (excludes halogenated alkanes) is 1. The normalized spacial score (nSPS) is 14.3. The van der Waals surface area contributed by atoms with E-state index in [0.717, 1.165) is 12.0 Å². The number of rotatable bonds is 6. The van der Waals surface area contributed by atoms with E-state index in [2.05, 4.69) is 10.0 Å². The zero-order chi connectivity index (χ0) is 14.6. The van der Waals surface area contributed by atoms with E-state index in [1.165, 1.54) is 0 Å². The molecule has 1 aliphatic rings. The maximum Gasteiger partial charge on any atom is 0.262 e. The third-order valence-electron chi connectivity index (χ3n) is 2.94. The Kier molecular flexibility index (Phi) is 4.61. The molecule has 0 saturated heterocycles. The van der Waals surface area contributed by atoms with Crippen molar-refractivity contribution < 1.29 is 17.9 Å². The van der Waals surface area contributed by atoms with Gasteiger partial charge in [0.25, 0.3) is 5.91 Å². The molecule has 1 aliphatic heterocycles. The molecule has 0 aromatic heterocycles. The topological polar surface area (TPSA) is 84.5 Å². The number of hydrogen-bond acceptors (Lipinski definition) is 4. The van der Waals surface area contributed by atoms with Crippen molar-refractivity contribution in [2.24, 2.45) is 0 Å². The highest BCUT2D eigenvalue weighted by atomic mass is 32.2. The van der Waals surface area contributed by atoms with Crippen molar-refractivity contribution in [3.63, 3.8) is 0 Å². The predicted molar refractivity (Wildman–Crippen MR) is 76.1 cm³/mol. The van der Waals surface area contributed by atoms with Crippen molar-refractivity contribution in [2.75, 3.05) is 17.7 Å². The molecule has 0 fully saturated rings. The van der Waals surface area contributed by atoms with Gasteiger partial charge >= 0.3 is 0 Å². The number of carbonyl (C=O) groups excluding carboxylic acids is 1. The van der Waals surface area contributed by atoms with Gasteiger partial charge in [-0.25, -0.2) is 13.1 Å². The number of hydrogen-bond donors (Lipinski definition) is 2. The van der Waals surface area contributed by atoms with Gasteiger partial charge in [-0.3, -0.25) is 4.79 Å². The standard InChI is InChI=1S/C13H18N2O4S/c1-2-3-6-20(17,18)14-8-10-4-5-12-11(7-10)15-13(16)9-19-12/h4-5,7,14H,2-3,6,8-9H2,1H3,(H,15,16). The third-order valence-corrected chi connectivity index (χ3v) is 4.35. The van der Waals surface area contributed by atoms with Gasteiger partial charge < -0.3 is 10.1 Å². The van der Waals surface area contributed by atoms with Crippen LogP contribution in [-0.4, -0.2) is 26.7 Å². The van der Waals surface area contributed by atoms with Crippen molar-refractivity contribution in [1.82, 2.24) is 4.72 Å². The second-order valence-corrected chi connectivity index (χ2v) is 6.59. The Morgan fingerprint density at radius 3 is 2.95 bits per heavy atom. The molecule has 0 radical (unpaired) electrons. The molecular weight excluding hydrogens is 280 g/mol. The van der Waals surface area contributed by atoms with Gasteiger partial charge in [0.1, 0.15) is 5.75 Å². The molecule has 110 valence electrons. The maximum atomic E-state index is 11.7. The van der Waals surface area contributed by atoms with Crippen LogP contribution in [0.4, 0.5) is 5.69 Å². The van der Waals surface area contributed by atoms with Gasteiger partial charge in [0.05, 0.1) is 11.4 Å². The number of nitrogens with one attached hydrogen (secondary N) is 2. The van der Waals surface area contributed by atoms with Crippen molar-refractivity contribution in [2.45, 2.75) is 26.3 Å². The van der Waals surface area contributed by atoms with Gasteiger partial charge in [-0.15, -0.1) is 0 Å². The molecule has 7 heteroatoms.